The lowest BCUT2D eigenvalue weighted by molar-refractivity contribution is -0.149. The van der Waals surface area contributed by atoms with Crippen molar-refractivity contribution in [3.63, 3.8) is 0 Å². The van der Waals surface area contributed by atoms with Crippen LogP contribution in [0.2, 0.25) is 0 Å². The van der Waals surface area contributed by atoms with Gasteiger partial charge in [-0.05, 0) is 151 Å². The molecule has 0 spiro atoms. The second-order valence-electron chi connectivity index (χ2n) is 24.3. The first-order valence-corrected chi connectivity index (χ1v) is 38.4. The monoisotopic (exact) mass is 1250 g/mol. The molecule has 3 rings (SSSR count). The summed E-state index contributed by atoms with van der Waals surface area (Å²) < 4.78 is 28.4. The van der Waals surface area contributed by atoms with Crippen LogP contribution in [0.25, 0.3) is 0 Å². The number of nitrogens with zero attached hydrogens (tertiary/aromatic N) is 1. The fourth-order valence-electron chi connectivity index (χ4n) is 10.4. The standard InChI is InChI=1S/C40H67NO6S2.C33H56O2.C3H8/c1-4-7-8-9-11-14-17-36(6-3)46-38(42)18-15-12-10-13-16-19-39(43)47-37-22-20-35(21-23-37)33-40(44)45-30-26-34-24-27-41(28-25-34)29-32-49-48-31-5-2;1-4-6-8-10-11-12-13-14-15-16-17-18-19-20-21-23-29-35-33-26-24-32(25-27-33)30-31(3)34-28-22-9-7-5-2;1-3-2/h20-23,34,36H,4-19,24-33H2,1-3H3;14-15,24-27H,3-13,16-23,28-30H2,1-2H3;3H2,1-2H3/b;15-14-;. The van der Waals surface area contributed by atoms with E-state index in [4.69, 9.17) is 23.7 Å². The molecule has 2 aromatic carbocycles. The number of rotatable bonds is 54. The summed E-state index contributed by atoms with van der Waals surface area (Å²) in [5.41, 5.74) is 2.08. The van der Waals surface area contributed by atoms with Crippen molar-refractivity contribution >= 4 is 39.5 Å². The Morgan fingerprint density at radius 2 is 1.00 bits per heavy atom. The molecule has 87 heavy (non-hydrogen) atoms. The van der Waals surface area contributed by atoms with Gasteiger partial charge in [0.25, 0.3) is 0 Å². The molecule has 0 radical (unpaired) electrons. The van der Waals surface area contributed by atoms with Crippen molar-refractivity contribution in [1.82, 2.24) is 4.90 Å². The molecule has 1 saturated heterocycles. The van der Waals surface area contributed by atoms with E-state index >= 15 is 0 Å². The highest BCUT2D eigenvalue weighted by Gasteiger charge is 2.20. The minimum absolute atomic E-state index is 0.0549. The Bertz CT molecular complexity index is 1900. The van der Waals surface area contributed by atoms with Gasteiger partial charge in [-0.3, -0.25) is 14.4 Å². The van der Waals surface area contributed by atoms with E-state index in [2.05, 4.69) is 96.4 Å². The predicted octanol–water partition coefficient (Wildman–Crippen LogP) is 22.5. The molecule has 1 aliphatic heterocycles. The summed E-state index contributed by atoms with van der Waals surface area (Å²) in [7, 11) is 3.97. The molecule has 0 N–H and O–H groups in total. The van der Waals surface area contributed by atoms with Crippen molar-refractivity contribution in [1.29, 1.82) is 0 Å². The number of carbonyl (C=O) groups is 3. The number of unbranched alkanes of at least 4 members (excludes halogenated alkanes) is 24. The van der Waals surface area contributed by atoms with Gasteiger partial charge in [-0.1, -0.05) is 248 Å². The summed E-state index contributed by atoms with van der Waals surface area (Å²) >= 11 is 0. The molecule has 500 valence electrons. The van der Waals surface area contributed by atoms with E-state index in [1.807, 2.05) is 33.7 Å². The van der Waals surface area contributed by atoms with E-state index in [0.717, 1.165) is 120 Å². The normalized spacial score (nSPS) is 12.9. The average molecular weight is 1250 g/mol. The lowest BCUT2D eigenvalue weighted by Crippen LogP contribution is -2.35. The SMILES string of the molecule is C=C(Cc1ccc(OCCCCCCCC/C=C\CCCCCCCC)cc1)OCCCCCC.CCC.CCCCCCCCC(CC)OC(=O)CCCCCCCC(=O)Oc1ccc(CC(=O)OCCC2CCN(CCSSCCC)CC2)cc1. The first-order valence-electron chi connectivity index (χ1n) is 35.9. The van der Waals surface area contributed by atoms with Gasteiger partial charge in [-0.15, -0.1) is 0 Å². The number of hydrogen-bond acceptors (Lipinski definition) is 11. The number of ether oxygens (including phenoxy) is 5. The van der Waals surface area contributed by atoms with Crippen LogP contribution in [0, 0.1) is 5.92 Å². The Morgan fingerprint density at radius 3 is 1.57 bits per heavy atom. The minimum Gasteiger partial charge on any atom is -0.498 e. The summed E-state index contributed by atoms with van der Waals surface area (Å²) in [6, 6.07) is 15.5. The van der Waals surface area contributed by atoms with Crippen LogP contribution in [0.1, 0.15) is 304 Å². The number of esters is 3. The molecular formula is C76H131NO8S2. The van der Waals surface area contributed by atoms with E-state index < -0.39 is 0 Å². The van der Waals surface area contributed by atoms with Crippen LogP contribution >= 0.6 is 21.6 Å². The molecule has 0 bridgehead atoms. The molecule has 0 amide bonds. The summed E-state index contributed by atoms with van der Waals surface area (Å²) in [6.45, 7) is 24.9. The van der Waals surface area contributed by atoms with Crippen LogP contribution in [0.15, 0.2) is 73.0 Å². The average Bonchev–Trinajstić information content (AvgIpc) is 3.73. The molecule has 1 heterocycles. The topological polar surface area (TPSA) is 101 Å². The number of likely N-dealkylation sites (tertiary alicyclic amines) is 1. The molecule has 9 nitrogen and oxygen atoms in total. The van der Waals surface area contributed by atoms with Gasteiger partial charge in [0.15, 0.2) is 0 Å². The van der Waals surface area contributed by atoms with Gasteiger partial charge in [-0.25, -0.2) is 0 Å². The van der Waals surface area contributed by atoms with E-state index in [1.165, 1.54) is 184 Å². The molecule has 11 heteroatoms. The molecule has 0 aliphatic carbocycles. The van der Waals surface area contributed by atoms with Crippen molar-refractivity contribution in [3.05, 3.63) is 84.1 Å². The van der Waals surface area contributed by atoms with Crippen molar-refractivity contribution in [2.75, 3.05) is 51.0 Å². The lowest BCUT2D eigenvalue weighted by Gasteiger charge is -2.31. The Hall–Kier alpha value is -3.41. The third-order valence-electron chi connectivity index (χ3n) is 15.8. The summed E-state index contributed by atoms with van der Waals surface area (Å²) in [5.74, 6) is 4.84. The van der Waals surface area contributed by atoms with Crippen molar-refractivity contribution in [3.8, 4) is 11.5 Å². The highest BCUT2D eigenvalue weighted by Crippen LogP contribution is 2.25. The molecule has 1 unspecified atom stereocenters. The van der Waals surface area contributed by atoms with Crippen LogP contribution < -0.4 is 9.47 Å². The maximum absolute atomic E-state index is 12.4. The molecular weight excluding hydrogens is 1120 g/mol. The third-order valence-corrected chi connectivity index (χ3v) is 18.4. The Labute approximate surface area is 543 Å². The molecule has 1 atom stereocenters. The zero-order valence-corrected chi connectivity index (χ0v) is 58.7. The van der Waals surface area contributed by atoms with E-state index in [0.29, 0.717) is 31.1 Å². The van der Waals surface area contributed by atoms with Crippen LogP contribution in [-0.2, 0) is 41.4 Å². The first-order chi connectivity index (χ1) is 42.6. The lowest BCUT2D eigenvalue weighted by atomic mass is 9.94. The maximum atomic E-state index is 12.4. The van der Waals surface area contributed by atoms with Crippen LogP contribution in [0.5, 0.6) is 11.5 Å². The molecule has 0 saturated carbocycles. The third kappa shape index (κ3) is 52.0. The summed E-state index contributed by atoms with van der Waals surface area (Å²) in [6.07, 6.45) is 49.9. The number of hydrogen-bond donors (Lipinski definition) is 0. The quantitative estimate of drug-likeness (QED) is 0.0158. The zero-order valence-electron chi connectivity index (χ0n) is 57.1. The Morgan fingerprint density at radius 1 is 0.517 bits per heavy atom. The van der Waals surface area contributed by atoms with E-state index in [9.17, 15) is 14.4 Å². The number of piperidine rings is 1. The van der Waals surface area contributed by atoms with Crippen LogP contribution in [0.4, 0.5) is 0 Å². The fourth-order valence-corrected chi connectivity index (χ4v) is 12.5. The smallest absolute Gasteiger partial charge is 0.311 e. The second kappa shape index (κ2) is 61.4. The summed E-state index contributed by atoms with van der Waals surface area (Å²) in [4.78, 5) is 39.5. The molecule has 0 aromatic heterocycles. The van der Waals surface area contributed by atoms with Gasteiger partial charge in [-0.2, -0.15) is 0 Å². The number of benzene rings is 2. The minimum atomic E-state index is -0.248. The van der Waals surface area contributed by atoms with Gasteiger partial charge < -0.3 is 28.6 Å². The van der Waals surface area contributed by atoms with Gasteiger partial charge in [0.05, 0.1) is 32.0 Å². The van der Waals surface area contributed by atoms with Gasteiger partial charge >= 0.3 is 17.9 Å². The highest BCUT2D eigenvalue weighted by molar-refractivity contribution is 8.76. The largest absolute Gasteiger partial charge is 0.498 e. The zero-order chi connectivity index (χ0) is 63.3. The van der Waals surface area contributed by atoms with Crippen molar-refractivity contribution in [2.45, 2.75) is 311 Å². The van der Waals surface area contributed by atoms with Gasteiger partial charge in [0, 0.05) is 37.3 Å². The Kier molecular flexibility index (Phi) is 57.6. The first kappa shape index (κ1) is 81.6. The van der Waals surface area contributed by atoms with Crippen molar-refractivity contribution in [2.24, 2.45) is 5.92 Å². The summed E-state index contributed by atoms with van der Waals surface area (Å²) in [5, 5.41) is 0. The van der Waals surface area contributed by atoms with Crippen LogP contribution in [-0.4, -0.2) is 79.9 Å². The van der Waals surface area contributed by atoms with E-state index in [1.54, 1.807) is 12.1 Å². The number of carbonyl (C=O) groups excluding carboxylic acids is 3. The van der Waals surface area contributed by atoms with Crippen molar-refractivity contribution < 1.29 is 38.1 Å². The molecule has 1 aliphatic rings. The highest BCUT2D eigenvalue weighted by atomic mass is 33.1. The van der Waals surface area contributed by atoms with Crippen LogP contribution in [0.3, 0.4) is 0 Å². The Balaban J connectivity index is 0.000000876. The predicted molar refractivity (Wildman–Crippen MR) is 377 cm³/mol. The molecule has 2 aromatic rings. The van der Waals surface area contributed by atoms with Gasteiger partial charge in [0.1, 0.15) is 17.6 Å². The number of allylic oxidation sites excluding steroid dienone is 3. The maximum Gasteiger partial charge on any atom is 0.311 e. The van der Waals surface area contributed by atoms with E-state index in [-0.39, 0.29) is 30.4 Å². The molecule has 1 fully saturated rings. The fraction of sp³-hybridized carbons (Fsp3) is 0.750. The van der Waals surface area contributed by atoms with Gasteiger partial charge in [0.2, 0.25) is 0 Å². The second-order valence-corrected chi connectivity index (χ2v) is 27.0.